The van der Waals surface area contributed by atoms with Crippen molar-refractivity contribution in [1.29, 1.82) is 0 Å². The third-order valence-corrected chi connectivity index (χ3v) is 2.78. The van der Waals surface area contributed by atoms with Crippen LogP contribution in [0.1, 0.15) is 32.1 Å². The van der Waals surface area contributed by atoms with E-state index in [0.29, 0.717) is 0 Å². The molecule has 0 atom stereocenters. The van der Waals surface area contributed by atoms with Gasteiger partial charge in [-0.3, -0.25) is 0 Å². The molecule has 68 valence electrons. The van der Waals surface area contributed by atoms with Crippen LogP contribution in [0.3, 0.4) is 0 Å². The van der Waals surface area contributed by atoms with Gasteiger partial charge in [-0.15, -0.1) is 0 Å². The molecule has 0 nitrogen and oxygen atoms in total. The van der Waals surface area contributed by atoms with Gasteiger partial charge in [0, 0.05) is 0 Å². The number of hydrogen-bond donors (Lipinski definition) is 0. The highest BCUT2D eigenvalue weighted by molar-refractivity contribution is 9.28. The van der Waals surface area contributed by atoms with Crippen LogP contribution in [0, 0.1) is 5.92 Å². The van der Waals surface area contributed by atoms with Crippen LogP contribution in [-0.2, 0) is 0 Å². The molecule has 1 rings (SSSR count). The highest BCUT2D eigenvalue weighted by Crippen LogP contribution is 2.24. The van der Waals surface area contributed by atoms with Crippen molar-refractivity contribution in [3.63, 3.8) is 0 Å². The van der Waals surface area contributed by atoms with Crippen molar-refractivity contribution in [3.05, 3.63) is 21.6 Å². The molecule has 0 amide bonds. The normalized spacial score (nSPS) is 19.8. The van der Waals surface area contributed by atoms with Gasteiger partial charge in [-0.05, 0) is 56.7 Å². The molecule has 1 aliphatic carbocycles. The van der Waals surface area contributed by atoms with Crippen molar-refractivity contribution in [3.8, 4) is 0 Å². The molecule has 0 radical (unpaired) electrons. The number of hydrogen-bond acceptors (Lipinski definition) is 0. The van der Waals surface area contributed by atoms with Gasteiger partial charge in [0.1, 0.15) is 0 Å². The standard InChI is InChI=1S/C10H14Br2/c11-10(12)8-4-7-9-5-2-1-3-6-9/h4,7-9H,1-3,5-6H2/b7-4+. The molecule has 0 bridgehead atoms. The summed E-state index contributed by atoms with van der Waals surface area (Å²) in [6.45, 7) is 0. The lowest BCUT2D eigenvalue weighted by molar-refractivity contribution is 0.419. The van der Waals surface area contributed by atoms with Crippen LogP contribution >= 0.6 is 31.9 Å². The van der Waals surface area contributed by atoms with E-state index >= 15 is 0 Å². The van der Waals surface area contributed by atoms with Crippen molar-refractivity contribution >= 4 is 31.9 Å². The Balaban J connectivity index is 2.29. The molecular weight excluding hydrogens is 280 g/mol. The molecule has 1 saturated carbocycles. The van der Waals surface area contributed by atoms with Gasteiger partial charge in [-0.2, -0.15) is 0 Å². The van der Waals surface area contributed by atoms with Gasteiger partial charge in [0.25, 0.3) is 0 Å². The fraction of sp³-hybridized carbons (Fsp3) is 0.600. The predicted molar refractivity (Wildman–Crippen MR) is 61.7 cm³/mol. The van der Waals surface area contributed by atoms with Crippen LogP contribution in [0.2, 0.25) is 0 Å². The Labute approximate surface area is 91.4 Å². The molecule has 0 aliphatic heterocycles. The lowest BCUT2D eigenvalue weighted by atomic mass is 9.89. The zero-order chi connectivity index (χ0) is 8.81. The first-order valence-electron chi connectivity index (χ1n) is 4.48. The van der Waals surface area contributed by atoms with E-state index in [9.17, 15) is 0 Å². The summed E-state index contributed by atoms with van der Waals surface area (Å²) in [5.41, 5.74) is 0. The molecule has 0 N–H and O–H groups in total. The second-order valence-electron chi connectivity index (χ2n) is 3.24. The third kappa shape index (κ3) is 4.46. The van der Waals surface area contributed by atoms with E-state index in [0.717, 1.165) is 9.31 Å². The van der Waals surface area contributed by atoms with E-state index < -0.39 is 0 Å². The summed E-state index contributed by atoms with van der Waals surface area (Å²) in [7, 11) is 0. The first-order valence-corrected chi connectivity index (χ1v) is 6.07. The smallest absolute Gasteiger partial charge is 0.0603 e. The van der Waals surface area contributed by atoms with Crippen molar-refractivity contribution in [2.24, 2.45) is 5.92 Å². The fourth-order valence-electron chi connectivity index (χ4n) is 1.61. The maximum Gasteiger partial charge on any atom is 0.0603 e. The molecule has 0 aromatic rings. The highest BCUT2D eigenvalue weighted by atomic mass is 79.9. The number of halogens is 2. The molecule has 0 aromatic heterocycles. The van der Waals surface area contributed by atoms with Gasteiger partial charge in [0.2, 0.25) is 0 Å². The molecule has 0 aromatic carbocycles. The molecule has 1 fully saturated rings. The maximum absolute atomic E-state index is 3.33. The van der Waals surface area contributed by atoms with E-state index in [1.807, 2.05) is 6.08 Å². The van der Waals surface area contributed by atoms with Crippen molar-refractivity contribution in [2.75, 3.05) is 0 Å². The van der Waals surface area contributed by atoms with Gasteiger partial charge in [-0.1, -0.05) is 31.4 Å². The summed E-state index contributed by atoms with van der Waals surface area (Å²) >= 11 is 6.65. The zero-order valence-electron chi connectivity index (χ0n) is 7.10. The van der Waals surface area contributed by atoms with Crippen LogP contribution in [-0.4, -0.2) is 0 Å². The van der Waals surface area contributed by atoms with Crippen LogP contribution in [0.25, 0.3) is 0 Å². The largest absolute Gasteiger partial charge is 0.0814 e. The minimum absolute atomic E-state index is 0.828. The van der Waals surface area contributed by atoms with Crippen LogP contribution < -0.4 is 0 Å². The molecule has 0 saturated heterocycles. The summed E-state index contributed by atoms with van der Waals surface area (Å²) in [6.07, 6.45) is 13.5. The minimum Gasteiger partial charge on any atom is -0.0814 e. The Morgan fingerprint density at radius 1 is 1.08 bits per heavy atom. The average molecular weight is 294 g/mol. The van der Waals surface area contributed by atoms with Crippen LogP contribution in [0.5, 0.6) is 0 Å². The molecule has 2 heteroatoms. The van der Waals surface area contributed by atoms with E-state index in [-0.39, 0.29) is 0 Å². The van der Waals surface area contributed by atoms with E-state index in [2.05, 4.69) is 44.0 Å². The second kappa shape index (κ2) is 5.98. The van der Waals surface area contributed by atoms with Crippen molar-refractivity contribution in [2.45, 2.75) is 32.1 Å². The lowest BCUT2D eigenvalue weighted by Gasteiger charge is -2.17. The Morgan fingerprint density at radius 3 is 2.33 bits per heavy atom. The summed E-state index contributed by atoms with van der Waals surface area (Å²) in [5, 5.41) is 0. The number of allylic oxidation sites excluding steroid dienone is 3. The first-order chi connectivity index (χ1) is 5.79. The van der Waals surface area contributed by atoms with Gasteiger partial charge in [0.05, 0.1) is 3.39 Å². The van der Waals surface area contributed by atoms with Gasteiger partial charge in [-0.25, -0.2) is 0 Å². The van der Waals surface area contributed by atoms with E-state index in [1.54, 1.807) is 0 Å². The summed E-state index contributed by atoms with van der Waals surface area (Å²) in [4.78, 5) is 0. The monoisotopic (exact) mass is 292 g/mol. The quantitative estimate of drug-likeness (QED) is 0.644. The minimum atomic E-state index is 0.828. The SMILES string of the molecule is BrC(Br)=C/C=C/C1CCCCC1. The van der Waals surface area contributed by atoms with Gasteiger partial charge < -0.3 is 0 Å². The van der Waals surface area contributed by atoms with E-state index in [1.165, 1.54) is 32.1 Å². The lowest BCUT2D eigenvalue weighted by Crippen LogP contribution is -2.02. The summed E-state index contributed by atoms with van der Waals surface area (Å²) in [5.74, 6) is 0.828. The average Bonchev–Trinajstić information content (AvgIpc) is 2.05. The highest BCUT2D eigenvalue weighted by Gasteiger charge is 2.08. The van der Waals surface area contributed by atoms with Crippen molar-refractivity contribution < 1.29 is 0 Å². The summed E-state index contributed by atoms with van der Waals surface area (Å²) in [6, 6.07) is 0. The molecule has 12 heavy (non-hydrogen) atoms. The predicted octanol–water partition coefficient (Wildman–Crippen LogP) is 4.75. The Morgan fingerprint density at radius 2 is 1.75 bits per heavy atom. The van der Waals surface area contributed by atoms with Gasteiger partial charge in [0.15, 0.2) is 0 Å². The molecular formula is C10H14Br2. The Hall–Kier alpha value is 0.440. The van der Waals surface area contributed by atoms with Crippen molar-refractivity contribution in [1.82, 2.24) is 0 Å². The Bertz CT molecular complexity index is 172. The fourth-order valence-corrected chi connectivity index (χ4v) is 1.92. The molecule has 0 heterocycles. The van der Waals surface area contributed by atoms with Crippen LogP contribution in [0.4, 0.5) is 0 Å². The second-order valence-corrected chi connectivity index (χ2v) is 6.01. The molecule has 1 aliphatic rings. The summed E-state index contributed by atoms with van der Waals surface area (Å²) < 4.78 is 1.02. The molecule has 0 spiro atoms. The zero-order valence-corrected chi connectivity index (χ0v) is 10.3. The Kier molecular flexibility index (Phi) is 5.24. The number of rotatable bonds is 2. The van der Waals surface area contributed by atoms with Gasteiger partial charge >= 0.3 is 0 Å². The topological polar surface area (TPSA) is 0 Å². The van der Waals surface area contributed by atoms with Crippen LogP contribution in [0.15, 0.2) is 21.6 Å². The molecule has 0 unspecified atom stereocenters. The van der Waals surface area contributed by atoms with E-state index in [4.69, 9.17) is 0 Å². The third-order valence-electron chi connectivity index (χ3n) is 2.26. The maximum atomic E-state index is 3.33. The first kappa shape index (κ1) is 10.5.